The largest absolute Gasteiger partial charge is 0.494 e. The smallest absolute Gasteiger partial charge is 0.220 e. The highest BCUT2D eigenvalue weighted by Gasteiger charge is 2.34. The molecule has 27 heavy (non-hydrogen) atoms. The first-order valence-corrected chi connectivity index (χ1v) is 9.67. The van der Waals surface area contributed by atoms with Gasteiger partial charge in [-0.05, 0) is 63.1 Å². The normalized spacial score (nSPS) is 17.6. The maximum Gasteiger partial charge on any atom is 0.220 e. The summed E-state index contributed by atoms with van der Waals surface area (Å²) in [7, 11) is 0. The average molecular weight is 388 g/mol. The molecule has 0 saturated carbocycles. The molecular weight excluding hydrogens is 362 g/mol. The summed E-state index contributed by atoms with van der Waals surface area (Å²) < 4.78 is 11.7. The van der Waals surface area contributed by atoms with Crippen molar-refractivity contribution in [2.45, 2.75) is 51.7 Å². The van der Waals surface area contributed by atoms with Gasteiger partial charge < -0.3 is 14.8 Å². The molecule has 1 amide bonds. The first-order valence-electron chi connectivity index (χ1n) is 9.30. The van der Waals surface area contributed by atoms with Crippen molar-refractivity contribution in [3.63, 3.8) is 0 Å². The van der Waals surface area contributed by atoms with Gasteiger partial charge in [-0.25, -0.2) is 0 Å². The Bertz CT molecular complexity index is 802. The number of rotatable bonds is 6. The number of carbonyl (C=O) groups is 1. The Hall–Kier alpha value is -2.20. The van der Waals surface area contributed by atoms with Crippen LogP contribution in [-0.4, -0.2) is 18.1 Å². The number of fused-ring (bicyclic) bond motifs is 1. The van der Waals surface area contributed by atoms with Gasteiger partial charge in [-0.1, -0.05) is 23.7 Å². The highest BCUT2D eigenvalue weighted by Crippen LogP contribution is 2.39. The quantitative estimate of drug-likeness (QED) is 0.690. The first kappa shape index (κ1) is 19.6. The number of nitrogens with one attached hydrogen (secondary N) is 1. The van der Waals surface area contributed by atoms with Gasteiger partial charge in [-0.3, -0.25) is 4.79 Å². The van der Waals surface area contributed by atoms with Crippen LogP contribution < -0.4 is 14.8 Å². The third-order valence-corrected chi connectivity index (χ3v) is 4.84. The number of aryl methyl sites for hydroxylation is 1. The second-order valence-electron chi connectivity index (χ2n) is 7.63. The molecule has 0 fully saturated rings. The van der Waals surface area contributed by atoms with Crippen LogP contribution in [0.5, 0.6) is 11.5 Å². The third-order valence-electron chi connectivity index (χ3n) is 4.59. The van der Waals surface area contributed by atoms with Crippen LogP contribution in [0.1, 0.15) is 50.3 Å². The molecule has 1 aliphatic heterocycles. The predicted octanol–water partition coefficient (Wildman–Crippen LogP) is 5.23. The Morgan fingerprint density at radius 1 is 1.26 bits per heavy atom. The minimum Gasteiger partial charge on any atom is -0.494 e. The minimum atomic E-state index is -0.309. The maximum atomic E-state index is 12.4. The second kappa shape index (κ2) is 8.22. The van der Waals surface area contributed by atoms with Gasteiger partial charge in [0.15, 0.2) is 0 Å². The number of halogens is 1. The number of hydrogen-bond acceptors (Lipinski definition) is 3. The van der Waals surface area contributed by atoms with E-state index in [1.165, 1.54) is 0 Å². The van der Waals surface area contributed by atoms with Crippen LogP contribution in [0.2, 0.25) is 5.02 Å². The van der Waals surface area contributed by atoms with Gasteiger partial charge in [0.2, 0.25) is 5.91 Å². The monoisotopic (exact) mass is 387 g/mol. The highest BCUT2D eigenvalue weighted by molar-refractivity contribution is 6.30. The van der Waals surface area contributed by atoms with Crippen LogP contribution in [0.3, 0.4) is 0 Å². The molecule has 0 spiro atoms. The van der Waals surface area contributed by atoms with Crippen LogP contribution in [0, 0.1) is 6.92 Å². The van der Waals surface area contributed by atoms with Crippen molar-refractivity contribution < 1.29 is 14.3 Å². The van der Waals surface area contributed by atoms with Crippen molar-refractivity contribution in [2.75, 3.05) is 6.61 Å². The lowest BCUT2D eigenvalue weighted by molar-refractivity contribution is -0.122. The van der Waals surface area contributed by atoms with Gasteiger partial charge in [0.05, 0.1) is 12.6 Å². The molecule has 144 valence electrons. The zero-order valence-electron chi connectivity index (χ0n) is 16.0. The first-order chi connectivity index (χ1) is 12.8. The number of amides is 1. The van der Waals surface area contributed by atoms with E-state index in [1.807, 2.05) is 25.1 Å². The lowest BCUT2D eigenvalue weighted by atomic mass is 9.89. The summed E-state index contributed by atoms with van der Waals surface area (Å²) in [4.78, 5) is 12.4. The molecule has 0 aliphatic carbocycles. The van der Waals surface area contributed by atoms with Gasteiger partial charge in [-0.15, -0.1) is 0 Å². The fraction of sp³-hybridized carbons (Fsp3) is 0.409. The summed E-state index contributed by atoms with van der Waals surface area (Å²) in [6.07, 6.45) is 1.82. The zero-order valence-corrected chi connectivity index (χ0v) is 16.8. The van der Waals surface area contributed by atoms with E-state index in [9.17, 15) is 4.79 Å². The van der Waals surface area contributed by atoms with Crippen LogP contribution in [0.4, 0.5) is 0 Å². The molecule has 3 rings (SSSR count). The maximum absolute atomic E-state index is 12.4. The predicted molar refractivity (Wildman–Crippen MR) is 108 cm³/mol. The van der Waals surface area contributed by atoms with Crippen LogP contribution >= 0.6 is 11.6 Å². The molecule has 1 heterocycles. The Balaban J connectivity index is 1.52. The summed E-state index contributed by atoms with van der Waals surface area (Å²) in [6.45, 7) is 6.64. The number of benzene rings is 2. The molecule has 2 aromatic carbocycles. The molecule has 0 radical (unpaired) electrons. The van der Waals surface area contributed by atoms with E-state index in [0.717, 1.165) is 29.0 Å². The van der Waals surface area contributed by atoms with Crippen LogP contribution in [-0.2, 0) is 4.79 Å². The number of hydrogen-bond donors (Lipinski definition) is 1. The topological polar surface area (TPSA) is 47.6 Å². The summed E-state index contributed by atoms with van der Waals surface area (Å²) >= 11 is 5.85. The van der Waals surface area contributed by atoms with E-state index in [4.69, 9.17) is 21.1 Å². The van der Waals surface area contributed by atoms with Gasteiger partial charge in [0, 0.05) is 23.4 Å². The van der Waals surface area contributed by atoms with Gasteiger partial charge in [-0.2, -0.15) is 0 Å². The molecule has 5 heteroatoms. The van der Waals surface area contributed by atoms with E-state index in [2.05, 4.69) is 31.3 Å². The van der Waals surface area contributed by atoms with Gasteiger partial charge in [0.25, 0.3) is 0 Å². The standard InChI is InChI=1S/C22H26ClNO3/c1-15-6-11-18-19(14-22(2,3)27-20(18)13-15)24-21(25)5-4-12-26-17-9-7-16(23)8-10-17/h6-11,13,19H,4-5,12,14H2,1-3H3,(H,24,25)/t19-/m0/s1. The fourth-order valence-corrected chi connectivity index (χ4v) is 3.43. The molecule has 4 nitrogen and oxygen atoms in total. The number of ether oxygens (including phenoxy) is 2. The van der Waals surface area contributed by atoms with E-state index in [1.54, 1.807) is 12.1 Å². The molecule has 1 atom stereocenters. The van der Waals surface area contributed by atoms with Crippen LogP contribution in [0.25, 0.3) is 0 Å². The molecule has 0 unspecified atom stereocenters. The highest BCUT2D eigenvalue weighted by atomic mass is 35.5. The lowest BCUT2D eigenvalue weighted by Gasteiger charge is -2.38. The van der Waals surface area contributed by atoms with Crippen molar-refractivity contribution in [3.05, 3.63) is 58.6 Å². The molecule has 0 saturated heterocycles. The molecule has 0 aromatic heterocycles. The lowest BCUT2D eigenvalue weighted by Crippen LogP contribution is -2.41. The summed E-state index contributed by atoms with van der Waals surface area (Å²) in [6, 6.07) is 13.3. The van der Waals surface area contributed by atoms with Crippen LogP contribution in [0.15, 0.2) is 42.5 Å². The summed E-state index contributed by atoms with van der Waals surface area (Å²) in [5.41, 5.74) is 1.89. The van der Waals surface area contributed by atoms with Crippen molar-refractivity contribution in [2.24, 2.45) is 0 Å². The van der Waals surface area contributed by atoms with Crippen molar-refractivity contribution in [3.8, 4) is 11.5 Å². The summed E-state index contributed by atoms with van der Waals surface area (Å²) in [5, 5.41) is 3.84. The van der Waals surface area contributed by atoms with E-state index in [-0.39, 0.29) is 17.6 Å². The van der Waals surface area contributed by atoms with Crippen molar-refractivity contribution >= 4 is 17.5 Å². The molecule has 0 bridgehead atoms. The molecular formula is C22H26ClNO3. The Labute approximate surface area is 165 Å². The molecule has 1 N–H and O–H groups in total. The fourth-order valence-electron chi connectivity index (χ4n) is 3.31. The molecule has 1 aliphatic rings. The van der Waals surface area contributed by atoms with Crippen molar-refractivity contribution in [1.29, 1.82) is 0 Å². The SMILES string of the molecule is Cc1ccc2c(c1)OC(C)(C)C[C@@H]2NC(=O)CCCOc1ccc(Cl)cc1. The zero-order chi connectivity index (χ0) is 19.4. The van der Waals surface area contributed by atoms with E-state index < -0.39 is 0 Å². The number of carbonyl (C=O) groups excluding carboxylic acids is 1. The third kappa shape index (κ3) is 5.39. The Kier molecular flexibility index (Phi) is 5.95. The van der Waals surface area contributed by atoms with Gasteiger partial charge >= 0.3 is 0 Å². The summed E-state index contributed by atoms with van der Waals surface area (Å²) in [5.74, 6) is 1.65. The minimum absolute atomic E-state index is 0.0314. The average Bonchev–Trinajstić information content (AvgIpc) is 2.59. The van der Waals surface area contributed by atoms with Crippen molar-refractivity contribution in [1.82, 2.24) is 5.32 Å². The molecule has 2 aromatic rings. The van der Waals surface area contributed by atoms with Gasteiger partial charge in [0.1, 0.15) is 17.1 Å². The Morgan fingerprint density at radius 3 is 2.74 bits per heavy atom. The Morgan fingerprint density at radius 2 is 2.00 bits per heavy atom. The van der Waals surface area contributed by atoms with E-state index in [0.29, 0.717) is 24.5 Å². The second-order valence-corrected chi connectivity index (χ2v) is 8.07. The van der Waals surface area contributed by atoms with E-state index >= 15 is 0 Å².